The molecule has 0 aliphatic heterocycles. The van der Waals surface area contributed by atoms with Gasteiger partial charge in [-0.1, -0.05) is 6.92 Å². The number of benzene rings is 1. The number of thiophene rings is 1. The molecule has 0 unspecified atom stereocenters. The average Bonchev–Trinajstić information content (AvgIpc) is 2.65. The van der Waals surface area contributed by atoms with Crippen molar-refractivity contribution in [3.8, 4) is 5.75 Å². The molecule has 0 saturated heterocycles. The Labute approximate surface area is 104 Å². The van der Waals surface area contributed by atoms with Gasteiger partial charge in [0.25, 0.3) is 0 Å². The van der Waals surface area contributed by atoms with E-state index in [1.165, 1.54) is 10.4 Å². The normalized spacial score (nSPS) is 10.8. The minimum absolute atomic E-state index is 0.276. The Morgan fingerprint density at radius 1 is 1.47 bits per heavy atom. The van der Waals surface area contributed by atoms with E-state index >= 15 is 0 Å². The van der Waals surface area contributed by atoms with Crippen LogP contribution in [-0.2, 0) is 6.42 Å². The van der Waals surface area contributed by atoms with Crippen LogP contribution in [0.5, 0.6) is 5.75 Å². The molecule has 0 aliphatic rings. The summed E-state index contributed by atoms with van der Waals surface area (Å²) >= 11 is 1.64. The fourth-order valence-electron chi connectivity index (χ4n) is 2.01. The molecule has 4 heteroatoms. The van der Waals surface area contributed by atoms with Crippen molar-refractivity contribution < 1.29 is 14.6 Å². The van der Waals surface area contributed by atoms with Crippen LogP contribution < -0.4 is 4.74 Å². The summed E-state index contributed by atoms with van der Waals surface area (Å²) in [7, 11) is 1.57. The number of fused-ring (bicyclic) bond motifs is 1. The quantitative estimate of drug-likeness (QED) is 0.907. The molecule has 0 spiro atoms. The molecule has 1 N–H and O–H groups in total. The van der Waals surface area contributed by atoms with E-state index in [-0.39, 0.29) is 5.56 Å². The third-order valence-electron chi connectivity index (χ3n) is 2.88. The highest BCUT2D eigenvalue weighted by Crippen LogP contribution is 2.38. The van der Waals surface area contributed by atoms with E-state index in [0.29, 0.717) is 5.75 Å². The number of carboxylic acids is 1. The first-order chi connectivity index (χ1) is 8.08. The fraction of sp³-hybridized carbons (Fsp3) is 0.308. The molecule has 1 aromatic carbocycles. The summed E-state index contributed by atoms with van der Waals surface area (Å²) in [6.07, 6.45) is 0.955. The van der Waals surface area contributed by atoms with Crippen molar-refractivity contribution >= 4 is 27.4 Å². The third kappa shape index (κ3) is 1.89. The molecule has 17 heavy (non-hydrogen) atoms. The highest BCUT2D eigenvalue weighted by Gasteiger charge is 2.15. The SMILES string of the molecule is CCc1sc2cc(C(=O)O)cc(OC)c2c1C. The summed E-state index contributed by atoms with van der Waals surface area (Å²) in [5.41, 5.74) is 1.47. The molecule has 0 saturated carbocycles. The fourth-order valence-corrected chi connectivity index (χ4v) is 3.22. The number of carboxylic acid groups (broad SMARTS) is 1. The lowest BCUT2D eigenvalue weighted by molar-refractivity contribution is 0.0696. The zero-order valence-electron chi connectivity index (χ0n) is 10.0. The molecule has 1 heterocycles. The monoisotopic (exact) mass is 250 g/mol. The predicted molar refractivity (Wildman–Crippen MR) is 69.5 cm³/mol. The molecular weight excluding hydrogens is 236 g/mol. The number of hydrogen-bond donors (Lipinski definition) is 1. The van der Waals surface area contributed by atoms with E-state index in [2.05, 4.69) is 13.8 Å². The van der Waals surface area contributed by atoms with Gasteiger partial charge in [0.1, 0.15) is 5.75 Å². The van der Waals surface area contributed by atoms with E-state index in [9.17, 15) is 4.79 Å². The van der Waals surface area contributed by atoms with Gasteiger partial charge in [0, 0.05) is 15.0 Å². The van der Waals surface area contributed by atoms with Gasteiger partial charge in [0.05, 0.1) is 12.7 Å². The predicted octanol–water partition coefficient (Wildman–Crippen LogP) is 3.48. The molecule has 0 bridgehead atoms. The van der Waals surface area contributed by atoms with Gasteiger partial charge in [-0.2, -0.15) is 0 Å². The number of hydrogen-bond acceptors (Lipinski definition) is 3. The van der Waals surface area contributed by atoms with Gasteiger partial charge in [-0.3, -0.25) is 0 Å². The maximum Gasteiger partial charge on any atom is 0.335 e. The molecule has 0 aliphatic carbocycles. The van der Waals surface area contributed by atoms with Crippen LogP contribution in [-0.4, -0.2) is 18.2 Å². The van der Waals surface area contributed by atoms with Crippen molar-refractivity contribution in [1.82, 2.24) is 0 Å². The van der Waals surface area contributed by atoms with Crippen LogP contribution in [0.3, 0.4) is 0 Å². The van der Waals surface area contributed by atoms with E-state index in [0.717, 1.165) is 16.5 Å². The lowest BCUT2D eigenvalue weighted by atomic mass is 10.1. The minimum Gasteiger partial charge on any atom is -0.496 e. The number of rotatable bonds is 3. The molecular formula is C13H14O3S. The zero-order chi connectivity index (χ0) is 12.6. The Balaban J connectivity index is 2.80. The Hall–Kier alpha value is -1.55. The third-order valence-corrected chi connectivity index (χ3v) is 4.26. The molecule has 1 aromatic heterocycles. The average molecular weight is 250 g/mol. The number of carbonyl (C=O) groups is 1. The summed E-state index contributed by atoms with van der Waals surface area (Å²) in [5, 5.41) is 10.1. The first-order valence-electron chi connectivity index (χ1n) is 5.41. The van der Waals surface area contributed by atoms with Crippen LogP contribution in [0, 0.1) is 6.92 Å². The molecule has 0 amide bonds. The lowest BCUT2D eigenvalue weighted by Crippen LogP contribution is -1.97. The van der Waals surface area contributed by atoms with Crippen molar-refractivity contribution in [1.29, 1.82) is 0 Å². The minimum atomic E-state index is -0.922. The van der Waals surface area contributed by atoms with Crippen LogP contribution in [0.25, 0.3) is 10.1 Å². The van der Waals surface area contributed by atoms with Crippen LogP contribution in [0.4, 0.5) is 0 Å². The molecule has 0 fully saturated rings. The van der Waals surface area contributed by atoms with Crippen LogP contribution >= 0.6 is 11.3 Å². The number of aromatic carboxylic acids is 1. The van der Waals surface area contributed by atoms with Gasteiger partial charge in [-0.05, 0) is 31.0 Å². The summed E-state index contributed by atoms with van der Waals surface area (Å²) in [4.78, 5) is 12.3. The first kappa shape index (κ1) is 11.9. The second-order valence-corrected chi connectivity index (χ2v) is 5.00. The van der Waals surface area contributed by atoms with Crippen molar-refractivity contribution in [3.63, 3.8) is 0 Å². The Morgan fingerprint density at radius 3 is 2.71 bits per heavy atom. The van der Waals surface area contributed by atoms with E-state index in [1.54, 1.807) is 30.6 Å². The Bertz CT molecular complexity index is 584. The second kappa shape index (κ2) is 4.37. The van der Waals surface area contributed by atoms with Gasteiger partial charge >= 0.3 is 5.97 Å². The zero-order valence-corrected chi connectivity index (χ0v) is 10.9. The Kier molecular flexibility index (Phi) is 3.07. The maximum absolute atomic E-state index is 11.0. The first-order valence-corrected chi connectivity index (χ1v) is 6.23. The van der Waals surface area contributed by atoms with Crippen LogP contribution in [0.1, 0.15) is 27.7 Å². The largest absolute Gasteiger partial charge is 0.496 e. The molecule has 0 atom stereocenters. The van der Waals surface area contributed by atoms with Gasteiger partial charge in [0.15, 0.2) is 0 Å². The lowest BCUT2D eigenvalue weighted by Gasteiger charge is -2.05. The number of methoxy groups -OCH3 is 1. The van der Waals surface area contributed by atoms with Gasteiger partial charge < -0.3 is 9.84 Å². The van der Waals surface area contributed by atoms with Crippen molar-refractivity contribution in [3.05, 3.63) is 28.1 Å². The molecule has 3 nitrogen and oxygen atoms in total. The van der Waals surface area contributed by atoms with E-state index in [1.807, 2.05) is 0 Å². The summed E-state index contributed by atoms with van der Waals surface area (Å²) < 4.78 is 6.28. The summed E-state index contributed by atoms with van der Waals surface area (Å²) in [5.74, 6) is -0.275. The van der Waals surface area contributed by atoms with Crippen LogP contribution in [0.15, 0.2) is 12.1 Å². The smallest absolute Gasteiger partial charge is 0.335 e. The van der Waals surface area contributed by atoms with Crippen molar-refractivity contribution in [2.75, 3.05) is 7.11 Å². The number of ether oxygens (including phenoxy) is 1. The maximum atomic E-state index is 11.0. The van der Waals surface area contributed by atoms with Gasteiger partial charge in [-0.25, -0.2) is 4.79 Å². The number of aryl methyl sites for hydroxylation is 2. The van der Waals surface area contributed by atoms with Crippen molar-refractivity contribution in [2.24, 2.45) is 0 Å². The second-order valence-electron chi connectivity index (χ2n) is 3.86. The molecule has 2 rings (SSSR count). The highest BCUT2D eigenvalue weighted by molar-refractivity contribution is 7.19. The molecule has 2 aromatic rings. The summed E-state index contributed by atoms with van der Waals surface area (Å²) in [6.45, 7) is 4.16. The highest BCUT2D eigenvalue weighted by atomic mass is 32.1. The van der Waals surface area contributed by atoms with Gasteiger partial charge in [0.2, 0.25) is 0 Å². The Morgan fingerprint density at radius 2 is 2.18 bits per heavy atom. The standard InChI is InChI=1S/C13H14O3S/c1-4-10-7(2)12-9(16-3)5-8(13(14)15)6-11(12)17-10/h5-6H,4H2,1-3H3,(H,14,15). The molecule has 0 radical (unpaired) electrons. The van der Waals surface area contributed by atoms with E-state index in [4.69, 9.17) is 9.84 Å². The van der Waals surface area contributed by atoms with E-state index < -0.39 is 5.97 Å². The topological polar surface area (TPSA) is 46.5 Å². The summed E-state index contributed by atoms with van der Waals surface area (Å²) in [6, 6.07) is 3.31. The molecule has 90 valence electrons. The van der Waals surface area contributed by atoms with Gasteiger partial charge in [-0.15, -0.1) is 11.3 Å². The van der Waals surface area contributed by atoms with Crippen LogP contribution in [0.2, 0.25) is 0 Å². The van der Waals surface area contributed by atoms with Crippen molar-refractivity contribution in [2.45, 2.75) is 20.3 Å².